The Bertz CT molecular complexity index is 1380. The number of hydrogen-bond acceptors (Lipinski definition) is 6. The summed E-state index contributed by atoms with van der Waals surface area (Å²) in [6.45, 7) is 8.58. The molecule has 4 aromatic rings. The van der Waals surface area contributed by atoms with E-state index < -0.39 is 0 Å². The average Bonchev–Trinajstić information content (AvgIpc) is 3.53. The molecule has 0 radical (unpaired) electrons. The highest BCUT2D eigenvalue weighted by atomic mass is 35.5. The van der Waals surface area contributed by atoms with Crippen molar-refractivity contribution in [1.82, 2.24) is 19.5 Å². The molecule has 2 heterocycles. The first-order valence-corrected chi connectivity index (χ1v) is 12.2. The van der Waals surface area contributed by atoms with Crippen LogP contribution in [0.1, 0.15) is 29.2 Å². The lowest BCUT2D eigenvalue weighted by Gasteiger charge is -2.17. The first kappa shape index (κ1) is 23.6. The minimum absolute atomic E-state index is 0.230. The molecule has 0 saturated heterocycles. The van der Waals surface area contributed by atoms with Crippen molar-refractivity contribution in [3.05, 3.63) is 108 Å². The Balaban J connectivity index is 1.50. The summed E-state index contributed by atoms with van der Waals surface area (Å²) in [6.07, 6.45) is 8.84. The van der Waals surface area contributed by atoms with Gasteiger partial charge in [-0.15, -0.1) is 6.58 Å². The zero-order chi connectivity index (χ0) is 24.9. The van der Waals surface area contributed by atoms with Crippen molar-refractivity contribution in [2.45, 2.75) is 18.8 Å². The number of fused-ring (bicyclic) bond motifs is 1. The maximum atomic E-state index is 6.03. The topological polar surface area (TPSA) is 76.9 Å². The van der Waals surface area contributed by atoms with E-state index in [0.29, 0.717) is 30.0 Å². The van der Waals surface area contributed by atoms with Gasteiger partial charge in [0.05, 0.1) is 11.4 Å². The summed E-state index contributed by atoms with van der Waals surface area (Å²) >= 11 is 6.03. The first-order chi connectivity index (χ1) is 17.7. The van der Waals surface area contributed by atoms with Gasteiger partial charge in [0.15, 0.2) is 0 Å². The Kier molecular flexibility index (Phi) is 7.00. The monoisotopic (exact) mass is 498 g/mol. The second-order valence-electron chi connectivity index (χ2n) is 8.44. The smallest absolute Gasteiger partial charge is 0.229 e. The van der Waals surface area contributed by atoms with Gasteiger partial charge in [-0.2, -0.15) is 4.98 Å². The molecule has 2 aromatic heterocycles. The van der Waals surface area contributed by atoms with Crippen LogP contribution in [-0.2, 0) is 6.42 Å². The number of halogens is 1. The molecule has 0 saturated carbocycles. The minimum Gasteiger partial charge on any atom is -0.487 e. The van der Waals surface area contributed by atoms with Crippen LogP contribution >= 0.6 is 11.6 Å². The molecule has 7 nitrogen and oxygen atoms in total. The van der Waals surface area contributed by atoms with E-state index in [-0.39, 0.29) is 5.92 Å². The molecule has 1 unspecified atom stereocenters. The van der Waals surface area contributed by atoms with Crippen LogP contribution in [0.5, 0.6) is 5.75 Å². The molecule has 2 N–H and O–H groups in total. The summed E-state index contributed by atoms with van der Waals surface area (Å²) in [6, 6.07) is 16.3. The maximum Gasteiger partial charge on any atom is 0.229 e. The Morgan fingerprint density at radius 2 is 1.97 bits per heavy atom. The molecule has 2 aromatic carbocycles. The van der Waals surface area contributed by atoms with E-state index in [2.05, 4.69) is 53.0 Å². The van der Waals surface area contributed by atoms with Gasteiger partial charge in [0.2, 0.25) is 5.95 Å². The van der Waals surface area contributed by atoms with Gasteiger partial charge in [-0.25, -0.2) is 9.97 Å². The van der Waals surface area contributed by atoms with E-state index >= 15 is 0 Å². The van der Waals surface area contributed by atoms with Gasteiger partial charge >= 0.3 is 0 Å². The van der Waals surface area contributed by atoms with Crippen LogP contribution in [0.4, 0.5) is 17.5 Å². The Labute approximate surface area is 215 Å². The lowest BCUT2D eigenvalue weighted by molar-refractivity contribution is 0.362. The van der Waals surface area contributed by atoms with Crippen molar-refractivity contribution in [2.24, 2.45) is 0 Å². The predicted molar refractivity (Wildman–Crippen MR) is 145 cm³/mol. The number of imidazole rings is 1. The third-order valence-electron chi connectivity index (χ3n) is 6.07. The highest BCUT2D eigenvalue weighted by molar-refractivity contribution is 6.29. The molecule has 1 aliphatic rings. The fraction of sp³-hybridized carbons (Fsp3) is 0.179. The van der Waals surface area contributed by atoms with Gasteiger partial charge in [0, 0.05) is 36.0 Å². The largest absolute Gasteiger partial charge is 0.487 e. The lowest BCUT2D eigenvalue weighted by atomic mass is 9.97. The van der Waals surface area contributed by atoms with Crippen LogP contribution in [0.3, 0.4) is 0 Å². The molecule has 1 aliphatic carbocycles. The molecule has 8 heteroatoms. The van der Waals surface area contributed by atoms with E-state index in [1.165, 1.54) is 11.1 Å². The standard InChI is InChI=1S/C28H27ClN6O/c1-3-14-30-27-22-12-11-21(19-8-6-5-7-9-19)26(22)33-28(34-27)32-20-10-13-23(24(16-20)36-15-4-2)35-17-25(29)31-18-35/h3-10,13,16-18,21H,1-2,11-12,14-15H2,(H2,30,32,33,34). The van der Waals surface area contributed by atoms with Crippen LogP contribution in [0, 0.1) is 0 Å². The minimum atomic E-state index is 0.230. The Hall–Kier alpha value is -4.10. The number of rotatable bonds is 10. The highest BCUT2D eigenvalue weighted by Gasteiger charge is 2.29. The van der Waals surface area contributed by atoms with Crippen LogP contribution in [0.2, 0.25) is 5.15 Å². The number of nitrogens with zero attached hydrogens (tertiary/aromatic N) is 4. The van der Waals surface area contributed by atoms with Gasteiger partial charge in [-0.1, -0.05) is 60.7 Å². The number of hydrogen-bond donors (Lipinski definition) is 2. The fourth-order valence-corrected chi connectivity index (χ4v) is 4.62. The molecule has 5 rings (SSSR count). The van der Waals surface area contributed by atoms with E-state index in [0.717, 1.165) is 35.7 Å². The van der Waals surface area contributed by atoms with E-state index in [4.69, 9.17) is 26.3 Å². The number of ether oxygens (including phenoxy) is 1. The van der Waals surface area contributed by atoms with Crippen molar-refractivity contribution in [2.75, 3.05) is 23.8 Å². The summed E-state index contributed by atoms with van der Waals surface area (Å²) in [5.74, 6) is 2.25. The first-order valence-electron chi connectivity index (χ1n) is 11.8. The maximum absolute atomic E-state index is 6.03. The molecule has 0 spiro atoms. The zero-order valence-electron chi connectivity index (χ0n) is 19.8. The van der Waals surface area contributed by atoms with E-state index in [1.807, 2.05) is 34.9 Å². The fourth-order valence-electron chi connectivity index (χ4n) is 4.47. The number of aromatic nitrogens is 4. The third kappa shape index (κ3) is 4.97. The molecule has 0 bridgehead atoms. The van der Waals surface area contributed by atoms with Crippen molar-refractivity contribution < 1.29 is 4.74 Å². The highest BCUT2D eigenvalue weighted by Crippen LogP contribution is 2.40. The van der Waals surface area contributed by atoms with Crippen molar-refractivity contribution >= 4 is 29.1 Å². The van der Waals surface area contributed by atoms with Gasteiger partial charge in [-0.3, -0.25) is 0 Å². The molecule has 36 heavy (non-hydrogen) atoms. The molecule has 0 amide bonds. The van der Waals surface area contributed by atoms with Crippen LogP contribution in [0.25, 0.3) is 5.69 Å². The van der Waals surface area contributed by atoms with E-state index in [1.54, 1.807) is 18.6 Å². The average molecular weight is 499 g/mol. The van der Waals surface area contributed by atoms with Crippen LogP contribution in [0.15, 0.2) is 86.4 Å². The number of nitrogens with one attached hydrogen (secondary N) is 2. The molecule has 182 valence electrons. The zero-order valence-corrected chi connectivity index (χ0v) is 20.6. The second-order valence-corrected chi connectivity index (χ2v) is 8.83. The van der Waals surface area contributed by atoms with Gasteiger partial charge < -0.3 is 19.9 Å². The lowest BCUT2D eigenvalue weighted by Crippen LogP contribution is -2.10. The molecule has 1 atom stereocenters. The van der Waals surface area contributed by atoms with Gasteiger partial charge in [-0.05, 0) is 30.5 Å². The summed E-state index contributed by atoms with van der Waals surface area (Å²) in [5, 5.41) is 7.18. The molecular weight excluding hydrogens is 472 g/mol. The Morgan fingerprint density at radius 1 is 1.11 bits per heavy atom. The van der Waals surface area contributed by atoms with Crippen LogP contribution < -0.4 is 15.4 Å². The molecule has 0 aliphatic heterocycles. The molecule has 0 fully saturated rings. The summed E-state index contributed by atoms with van der Waals surface area (Å²) < 4.78 is 7.76. The summed E-state index contributed by atoms with van der Waals surface area (Å²) in [4.78, 5) is 13.9. The molecular formula is C28H27ClN6O. The quantitative estimate of drug-likeness (QED) is 0.250. The van der Waals surface area contributed by atoms with E-state index in [9.17, 15) is 0 Å². The Morgan fingerprint density at radius 3 is 2.72 bits per heavy atom. The summed E-state index contributed by atoms with van der Waals surface area (Å²) in [5.41, 5.74) is 5.10. The van der Waals surface area contributed by atoms with Crippen molar-refractivity contribution in [1.29, 1.82) is 0 Å². The van der Waals surface area contributed by atoms with Crippen molar-refractivity contribution in [3.63, 3.8) is 0 Å². The third-order valence-corrected chi connectivity index (χ3v) is 6.27. The number of benzene rings is 2. The summed E-state index contributed by atoms with van der Waals surface area (Å²) in [7, 11) is 0. The van der Waals surface area contributed by atoms with Gasteiger partial charge in [0.25, 0.3) is 0 Å². The normalized spacial score (nSPS) is 14.2. The predicted octanol–water partition coefficient (Wildman–Crippen LogP) is 6.30. The number of anilines is 3. The second kappa shape index (κ2) is 10.7. The van der Waals surface area contributed by atoms with Gasteiger partial charge in [0.1, 0.15) is 29.7 Å². The SMILES string of the molecule is C=CCNc1nc(Nc2ccc(-n3cnc(Cl)c3)c(OCC=C)c2)nc2c1CCC2c1ccccc1. The van der Waals surface area contributed by atoms with Crippen LogP contribution in [-0.4, -0.2) is 32.7 Å². The van der Waals surface area contributed by atoms with Crippen molar-refractivity contribution in [3.8, 4) is 11.4 Å².